The second-order valence-corrected chi connectivity index (χ2v) is 3.77. The van der Waals surface area contributed by atoms with Crippen LogP contribution < -0.4 is 0 Å². The third kappa shape index (κ3) is 1.47. The molecule has 0 unspecified atom stereocenters. The Kier molecular flexibility index (Phi) is 2.34. The van der Waals surface area contributed by atoms with Gasteiger partial charge in [0.1, 0.15) is 5.75 Å². The van der Waals surface area contributed by atoms with Crippen molar-refractivity contribution in [2.75, 3.05) is 0 Å². The van der Waals surface area contributed by atoms with Crippen molar-refractivity contribution in [2.45, 2.75) is 4.90 Å². The largest absolute Gasteiger partial charge is 0.506 e. The molecule has 0 fully saturated rings. The van der Waals surface area contributed by atoms with Gasteiger partial charge < -0.3 is 5.11 Å². The molecule has 66 valence electrons. The monoisotopic (exact) mass is 210 g/mol. The summed E-state index contributed by atoms with van der Waals surface area (Å²) in [5.74, 6) is 0.262. The Bertz CT molecular complexity index is 442. The van der Waals surface area contributed by atoms with Crippen LogP contribution in [-0.4, -0.2) is 5.11 Å². The van der Waals surface area contributed by atoms with E-state index in [-0.39, 0.29) is 5.75 Å². The maximum atomic E-state index is 9.74. The van der Waals surface area contributed by atoms with Gasteiger partial charge in [0.15, 0.2) is 0 Å². The molecule has 0 bridgehead atoms. The summed E-state index contributed by atoms with van der Waals surface area (Å²) in [7, 11) is 6.62. The Balaban J connectivity index is 2.79. The predicted molar refractivity (Wildman–Crippen MR) is 57.3 cm³/mol. The number of halogens is 1. The number of aromatic hydroxyl groups is 1. The molecule has 2 rings (SSSR count). The van der Waals surface area contributed by atoms with Crippen molar-refractivity contribution < 1.29 is 5.11 Å². The first-order valence-corrected chi connectivity index (χ1v) is 5.46. The molecule has 0 saturated carbocycles. The van der Waals surface area contributed by atoms with Crippen LogP contribution in [0.4, 0.5) is 0 Å². The van der Waals surface area contributed by atoms with Gasteiger partial charge in [-0.1, -0.05) is 30.3 Å². The number of rotatable bonds is 1. The highest BCUT2D eigenvalue weighted by atomic mass is 35.7. The minimum atomic E-state index is 0.262. The minimum absolute atomic E-state index is 0.262. The summed E-state index contributed by atoms with van der Waals surface area (Å²) in [6.07, 6.45) is 0. The van der Waals surface area contributed by atoms with Gasteiger partial charge in [-0.3, -0.25) is 0 Å². The fourth-order valence-electron chi connectivity index (χ4n) is 1.30. The Morgan fingerprint density at radius 2 is 1.85 bits per heavy atom. The lowest BCUT2D eigenvalue weighted by molar-refractivity contribution is 0.469. The highest BCUT2D eigenvalue weighted by Crippen LogP contribution is 2.36. The van der Waals surface area contributed by atoms with Crippen molar-refractivity contribution in [3.63, 3.8) is 0 Å². The first kappa shape index (κ1) is 8.73. The van der Waals surface area contributed by atoms with E-state index in [2.05, 4.69) is 0 Å². The Labute approximate surface area is 84.8 Å². The van der Waals surface area contributed by atoms with Crippen LogP contribution in [0.15, 0.2) is 41.3 Å². The molecule has 0 spiro atoms. The lowest BCUT2D eigenvalue weighted by Gasteiger charge is -2.03. The average molecular weight is 211 g/mol. The van der Waals surface area contributed by atoms with Crippen LogP contribution in [0.3, 0.4) is 0 Å². The first-order chi connectivity index (χ1) is 6.33. The predicted octanol–water partition coefficient (Wildman–Crippen LogP) is 3.79. The lowest BCUT2D eigenvalue weighted by atomic mass is 10.1. The molecule has 0 heterocycles. The van der Waals surface area contributed by atoms with Crippen LogP contribution in [-0.2, 0) is 0 Å². The summed E-state index contributed by atoms with van der Waals surface area (Å²) in [5, 5.41) is 11.6. The van der Waals surface area contributed by atoms with Crippen LogP contribution in [0.1, 0.15) is 0 Å². The van der Waals surface area contributed by atoms with Crippen molar-refractivity contribution in [1.29, 1.82) is 0 Å². The van der Waals surface area contributed by atoms with Gasteiger partial charge in [0, 0.05) is 5.39 Å². The molecule has 0 aliphatic carbocycles. The topological polar surface area (TPSA) is 20.2 Å². The lowest BCUT2D eigenvalue weighted by Crippen LogP contribution is -1.75. The van der Waals surface area contributed by atoms with Gasteiger partial charge in [0.05, 0.1) is 4.90 Å². The Morgan fingerprint density at radius 3 is 2.62 bits per heavy atom. The summed E-state index contributed by atoms with van der Waals surface area (Å²) in [6.45, 7) is 0. The molecule has 1 N–H and O–H groups in total. The van der Waals surface area contributed by atoms with Crippen LogP contribution in [0.2, 0.25) is 0 Å². The molecule has 0 aromatic heterocycles. The zero-order valence-corrected chi connectivity index (χ0v) is 8.27. The molecule has 0 aliphatic heterocycles. The molecule has 3 heteroatoms. The van der Waals surface area contributed by atoms with E-state index in [1.165, 1.54) is 0 Å². The fourth-order valence-corrected chi connectivity index (χ4v) is 1.97. The molecule has 2 aromatic carbocycles. The second-order valence-electron chi connectivity index (χ2n) is 2.71. The quantitative estimate of drug-likeness (QED) is 0.773. The van der Waals surface area contributed by atoms with E-state index in [0.29, 0.717) is 4.90 Å². The zero-order valence-electron chi connectivity index (χ0n) is 6.70. The van der Waals surface area contributed by atoms with E-state index in [4.69, 9.17) is 10.7 Å². The van der Waals surface area contributed by atoms with Crippen molar-refractivity contribution in [2.24, 2.45) is 0 Å². The summed E-state index contributed by atoms with van der Waals surface area (Å²) >= 11 is 0. The molecular weight excluding hydrogens is 204 g/mol. The number of phenols is 1. The smallest absolute Gasteiger partial charge is 0.138 e. The van der Waals surface area contributed by atoms with Crippen molar-refractivity contribution in [3.05, 3.63) is 36.4 Å². The normalized spacial score (nSPS) is 10.5. The summed E-state index contributed by atoms with van der Waals surface area (Å²) < 4.78 is 0. The van der Waals surface area contributed by atoms with Gasteiger partial charge in [0.2, 0.25) is 0 Å². The molecule has 1 nitrogen and oxygen atoms in total. The standard InChI is InChI=1S/C10H7ClOS/c11-13-9-6-5-7-3-1-2-4-8(7)10(9)12/h1-6,12H. The Morgan fingerprint density at radius 1 is 1.08 bits per heavy atom. The van der Waals surface area contributed by atoms with E-state index < -0.39 is 0 Å². The van der Waals surface area contributed by atoms with Gasteiger partial charge in [-0.15, -0.1) is 0 Å². The van der Waals surface area contributed by atoms with Crippen molar-refractivity contribution in [3.8, 4) is 5.75 Å². The highest BCUT2D eigenvalue weighted by molar-refractivity contribution is 8.21. The molecule has 0 atom stereocenters. The molecule has 2 aromatic rings. The third-order valence-electron chi connectivity index (χ3n) is 1.95. The van der Waals surface area contributed by atoms with E-state index in [9.17, 15) is 5.11 Å². The summed E-state index contributed by atoms with van der Waals surface area (Å²) in [5.41, 5.74) is 0. The van der Waals surface area contributed by atoms with E-state index >= 15 is 0 Å². The van der Waals surface area contributed by atoms with E-state index in [1.54, 1.807) is 0 Å². The number of phenolic OH excluding ortho intramolecular Hbond substituents is 1. The van der Waals surface area contributed by atoms with Gasteiger partial charge in [-0.25, -0.2) is 0 Å². The fraction of sp³-hybridized carbons (Fsp3) is 0. The minimum Gasteiger partial charge on any atom is -0.506 e. The zero-order chi connectivity index (χ0) is 9.26. The maximum Gasteiger partial charge on any atom is 0.138 e. The van der Waals surface area contributed by atoms with Gasteiger partial charge in [0.25, 0.3) is 0 Å². The molecular formula is C10H7ClOS. The average Bonchev–Trinajstić information content (AvgIpc) is 2.19. The third-order valence-corrected chi connectivity index (χ3v) is 2.94. The molecule has 13 heavy (non-hydrogen) atoms. The molecule has 0 saturated heterocycles. The van der Waals surface area contributed by atoms with Gasteiger partial charge in [-0.2, -0.15) is 0 Å². The molecule has 0 aliphatic rings. The molecule has 0 amide bonds. The maximum absolute atomic E-state index is 9.74. The van der Waals surface area contributed by atoms with Crippen LogP contribution in [0.5, 0.6) is 5.75 Å². The van der Waals surface area contributed by atoms with Crippen molar-refractivity contribution in [1.82, 2.24) is 0 Å². The molecule has 0 radical (unpaired) electrons. The van der Waals surface area contributed by atoms with Crippen molar-refractivity contribution >= 4 is 32.4 Å². The van der Waals surface area contributed by atoms with Crippen LogP contribution in [0, 0.1) is 0 Å². The SMILES string of the molecule is Oc1c(SCl)ccc2ccccc12. The number of fused-ring (bicyclic) bond motifs is 1. The summed E-state index contributed by atoms with van der Waals surface area (Å²) in [6, 6.07) is 11.4. The number of hydrogen-bond acceptors (Lipinski definition) is 2. The summed E-state index contributed by atoms with van der Waals surface area (Å²) in [4.78, 5) is 0.695. The number of benzene rings is 2. The van der Waals surface area contributed by atoms with Gasteiger partial charge in [-0.05, 0) is 33.1 Å². The van der Waals surface area contributed by atoms with E-state index in [0.717, 1.165) is 21.7 Å². The number of hydrogen-bond donors (Lipinski definition) is 1. The highest BCUT2D eigenvalue weighted by Gasteiger charge is 2.04. The second kappa shape index (κ2) is 3.48. The van der Waals surface area contributed by atoms with Crippen LogP contribution >= 0.6 is 21.7 Å². The first-order valence-electron chi connectivity index (χ1n) is 3.82. The van der Waals surface area contributed by atoms with Crippen LogP contribution in [0.25, 0.3) is 10.8 Å². The Hall–Kier alpha value is -0.860. The van der Waals surface area contributed by atoms with Gasteiger partial charge >= 0.3 is 0 Å². The van der Waals surface area contributed by atoms with E-state index in [1.807, 2.05) is 36.4 Å².